The van der Waals surface area contributed by atoms with Gasteiger partial charge in [0, 0.05) is 36.7 Å². The summed E-state index contributed by atoms with van der Waals surface area (Å²) in [6.45, 7) is 8.19. The third-order valence-corrected chi connectivity index (χ3v) is 6.54. The summed E-state index contributed by atoms with van der Waals surface area (Å²) in [4.78, 5) is 18.9. The molecule has 1 aromatic carbocycles. The van der Waals surface area contributed by atoms with Gasteiger partial charge in [-0.2, -0.15) is 4.98 Å². The molecule has 2 aromatic heterocycles. The summed E-state index contributed by atoms with van der Waals surface area (Å²) in [5.74, 6) is 3.10. The zero-order valence-corrected chi connectivity index (χ0v) is 19.5. The highest BCUT2D eigenvalue weighted by molar-refractivity contribution is 5.74. The number of aromatic nitrogens is 2. The van der Waals surface area contributed by atoms with Crippen LogP contribution in [0.3, 0.4) is 0 Å². The van der Waals surface area contributed by atoms with E-state index in [1.807, 2.05) is 19.1 Å². The molecule has 174 valence electrons. The summed E-state index contributed by atoms with van der Waals surface area (Å²) in [7, 11) is 0. The fourth-order valence-electron chi connectivity index (χ4n) is 4.89. The summed E-state index contributed by atoms with van der Waals surface area (Å²) in [5.41, 5.74) is 3.39. The van der Waals surface area contributed by atoms with Gasteiger partial charge in [-0.05, 0) is 55.9 Å². The molecule has 2 aliphatic rings. The van der Waals surface area contributed by atoms with Gasteiger partial charge >= 0.3 is 5.97 Å². The lowest BCUT2D eigenvalue weighted by Gasteiger charge is -2.44. The molecular weight excluding hydrogens is 418 g/mol. The number of fused-ring (bicyclic) bond motifs is 1. The van der Waals surface area contributed by atoms with Crippen LogP contribution in [0.5, 0.6) is 0 Å². The van der Waals surface area contributed by atoms with E-state index in [1.54, 1.807) is 0 Å². The van der Waals surface area contributed by atoms with E-state index in [4.69, 9.17) is 13.7 Å². The zero-order valence-electron chi connectivity index (χ0n) is 19.5. The van der Waals surface area contributed by atoms with Crippen LogP contribution in [0.25, 0.3) is 23.0 Å². The Morgan fingerprint density at radius 1 is 1.24 bits per heavy atom. The summed E-state index contributed by atoms with van der Waals surface area (Å²) < 4.78 is 16.9. The van der Waals surface area contributed by atoms with Crippen molar-refractivity contribution in [2.24, 2.45) is 11.8 Å². The van der Waals surface area contributed by atoms with Gasteiger partial charge < -0.3 is 13.7 Å². The van der Waals surface area contributed by atoms with Crippen molar-refractivity contribution in [1.29, 1.82) is 0 Å². The molecule has 33 heavy (non-hydrogen) atoms. The molecule has 1 saturated heterocycles. The molecule has 1 aliphatic heterocycles. The van der Waals surface area contributed by atoms with Crippen molar-refractivity contribution in [3.8, 4) is 23.0 Å². The van der Waals surface area contributed by atoms with E-state index < -0.39 is 0 Å². The normalized spacial score (nSPS) is 18.8. The zero-order chi connectivity index (χ0) is 22.9. The lowest BCUT2D eigenvalue weighted by atomic mass is 9.87. The Morgan fingerprint density at radius 2 is 2.03 bits per heavy atom. The second kappa shape index (κ2) is 9.14. The van der Waals surface area contributed by atoms with Crippen LogP contribution in [-0.2, 0) is 22.4 Å². The number of nitrogens with zero attached hydrogens (tertiary/aromatic N) is 3. The van der Waals surface area contributed by atoms with Crippen molar-refractivity contribution in [1.82, 2.24) is 15.0 Å². The predicted molar refractivity (Wildman–Crippen MR) is 123 cm³/mol. The number of hydrogen-bond donors (Lipinski definition) is 0. The van der Waals surface area contributed by atoms with Gasteiger partial charge in [-0.3, -0.25) is 9.69 Å². The third kappa shape index (κ3) is 4.47. The van der Waals surface area contributed by atoms with Crippen LogP contribution in [-0.4, -0.2) is 40.7 Å². The minimum atomic E-state index is -0.0887. The second-order valence-corrected chi connectivity index (χ2v) is 9.52. The van der Waals surface area contributed by atoms with E-state index in [9.17, 15) is 4.79 Å². The van der Waals surface area contributed by atoms with Crippen LogP contribution in [0.4, 0.5) is 0 Å². The number of furan rings is 1. The van der Waals surface area contributed by atoms with Gasteiger partial charge in [0.1, 0.15) is 5.76 Å². The van der Waals surface area contributed by atoms with Gasteiger partial charge in [-0.25, -0.2) is 0 Å². The van der Waals surface area contributed by atoms with Gasteiger partial charge in [0.2, 0.25) is 5.82 Å². The lowest BCUT2D eigenvalue weighted by molar-refractivity contribution is -0.155. The third-order valence-electron chi connectivity index (χ3n) is 6.54. The number of rotatable bonds is 7. The van der Waals surface area contributed by atoms with Crippen molar-refractivity contribution >= 4 is 5.97 Å². The Hall–Kier alpha value is -2.93. The molecule has 1 unspecified atom stereocenters. The van der Waals surface area contributed by atoms with Crippen molar-refractivity contribution < 1.29 is 18.5 Å². The van der Waals surface area contributed by atoms with Crippen LogP contribution in [0.15, 0.2) is 39.3 Å². The number of ether oxygens (including phenoxy) is 1. The molecule has 5 rings (SSSR count). The Morgan fingerprint density at radius 3 is 2.76 bits per heavy atom. The van der Waals surface area contributed by atoms with E-state index in [0.29, 0.717) is 30.0 Å². The minimum absolute atomic E-state index is 0.0200. The van der Waals surface area contributed by atoms with Gasteiger partial charge in [-0.15, -0.1) is 0 Å². The van der Waals surface area contributed by atoms with Crippen LogP contribution < -0.4 is 0 Å². The van der Waals surface area contributed by atoms with E-state index in [0.717, 1.165) is 50.1 Å². The van der Waals surface area contributed by atoms with Gasteiger partial charge in [0.05, 0.1) is 12.5 Å². The topological polar surface area (TPSA) is 81.6 Å². The molecule has 7 nitrogen and oxygen atoms in total. The maximum atomic E-state index is 12.0. The van der Waals surface area contributed by atoms with Gasteiger partial charge in [-0.1, -0.05) is 31.1 Å². The van der Waals surface area contributed by atoms with Crippen molar-refractivity contribution in [3.63, 3.8) is 0 Å². The molecular formula is C26H31N3O4. The van der Waals surface area contributed by atoms with Crippen LogP contribution in [0, 0.1) is 11.8 Å². The fourth-order valence-corrected chi connectivity index (χ4v) is 4.89. The van der Waals surface area contributed by atoms with E-state index in [2.05, 4.69) is 47.1 Å². The maximum absolute atomic E-state index is 12.0. The summed E-state index contributed by atoms with van der Waals surface area (Å²) in [6.07, 6.45) is 4.07. The predicted octanol–water partition coefficient (Wildman–Crippen LogP) is 5.07. The highest BCUT2D eigenvalue weighted by atomic mass is 16.5. The molecule has 1 atom stereocenters. The van der Waals surface area contributed by atoms with Crippen LogP contribution in [0.2, 0.25) is 0 Å². The smallest absolute Gasteiger partial charge is 0.311 e. The largest absolute Gasteiger partial charge is 0.466 e. The fraction of sp³-hybridized carbons (Fsp3) is 0.500. The lowest BCUT2D eigenvalue weighted by Crippen LogP contribution is -2.52. The first kappa shape index (κ1) is 21.9. The molecule has 3 heterocycles. The molecule has 7 heteroatoms. The average Bonchev–Trinajstić information content (AvgIpc) is 3.41. The van der Waals surface area contributed by atoms with Crippen molar-refractivity contribution in [3.05, 3.63) is 47.2 Å². The molecule has 1 fully saturated rings. The molecule has 0 N–H and O–H groups in total. The second-order valence-electron chi connectivity index (χ2n) is 9.52. The monoisotopic (exact) mass is 449 g/mol. The van der Waals surface area contributed by atoms with Crippen molar-refractivity contribution in [2.75, 3.05) is 19.7 Å². The number of carbonyl (C=O) groups excluding carboxylic acids is 1. The Balaban J connectivity index is 1.30. The summed E-state index contributed by atoms with van der Waals surface area (Å²) in [5, 5.41) is 4.18. The van der Waals surface area contributed by atoms with E-state index in [-0.39, 0.29) is 17.9 Å². The SMILES string of the molecule is CCOC(=O)C1CN(C2CCCc3oc(-c4noc(-c5ccc(CC(C)C)cc5)n4)cc32)C1. The van der Waals surface area contributed by atoms with E-state index >= 15 is 0 Å². The number of carbonyl (C=O) groups is 1. The van der Waals surface area contributed by atoms with Gasteiger partial charge in [0.15, 0.2) is 5.76 Å². The van der Waals surface area contributed by atoms with Crippen LogP contribution >= 0.6 is 0 Å². The van der Waals surface area contributed by atoms with Crippen molar-refractivity contribution in [2.45, 2.75) is 52.5 Å². The molecule has 0 saturated carbocycles. The summed E-state index contributed by atoms with van der Waals surface area (Å²) in [6, 6.07) is 10.6. The quantitative estimate of drug-likeness (QED) is 0.466. The Kier molecular flexibility index (Phi) is 6.06. The minimum Gasteiger partial charge on any atom is -0.466 e. The molecule has 0 amide bonds. The van der Waals surface area contributed by atoms with Crippen LogP contribution in [0.1, 0.15) is 56.5 Å². The number of likely N-dealkylation sites (tertiary alicyclic amines) is 1. The first-order valence-electron chi connectivity index (χ1n) is 12.0. The standard InChI is InChI=1S/C26H31N3O4/c1-4-31-26(30)19-14-29(15-19)21-6-5-7-22-20(21)13-23(32-22)24-27-25(33-28-24)18-10-8-17(9-11-18)12-16(2)3/h8-11,13,16,19,21H,4-7,12,14-15H2,1-3H3. The number of aryl methyl sites for hydroxylation is 1. The highest BCUT2D eigenvalue weighted by Gasteiger charge is 2.40. The molecule has 0 spiro atoms. The molecule has 1 aliphatic carbocycles. The number of hydrogen-bond acceptors (Lipinski definition) is 7. The van der Waals surface area contributed by atoms with E-state index in [1.165, 1.54) is 11.1 Å². The first-order valence-corrected chi connectivity index (χ1v) is 12.0. The Bertz CT molecular complexity index is 1110. The molecule has 0 bridgehead atoms. The number of benzene rings is 1. The molecule has 3 aromatic rings. The first-order chi connectivity index (χ1) is 16.0. The average molecular weight is 450 g/mol. The number of esters is 1. The van der Waals surface area contributed by atoms with Gasteiger partial charge in [0.25, 0.3) is 5.89 Å². The molecule has 0 radical (unpaired) electrons. The maximum Gasteiger partial charge on any atom is 0.311 e. The Labute approximate surface area is 194 Å². The highest BCUT2D eigenvalue weighted by Crippen LogP contribution is 2.41. The summed E-state index contributed by atoms with van der Waals surface area (Å²) >= 11 is 0.